The minimum Gasteiger partial charge on any atom is -0.368 e. The molecular formula is C19H21FN4O4. The number of benzene rings is 1. The third-order valence-corrected chi connectivity index (χ3v) is 4.16. The molecule has 1 aromatic carbocycles. The maximum atomic E-state index is 13.3. The summed E-state index contributed by atoms with van der Waals surface area (Å²) in [5, 5.41) is 4.86. The SMILES string of the molecule is Cc1cc(NC(=O)c2cc(C(=O)C(=O)NC(C)(C)C(N)=O)cn2C)ccc1F. The van der Waals surface area contributed by atoms with E-state index in [0.717, 1.165) is 0 Å². The molecule has 2 rings (SSSR count). The molecule has 8 nitrogen and oxygen atoms in total. The van der Waals surface area contributed by atoms with Crippen molar-refractivity contribution in [3.8, 4) is 0 Å². The van der Waals surface area contributed by atoms with Crippen molar-refractivity contribution in [1.82, 2.24) is 9.88 Å². The van der Waals surface area contributed by atoms with Crippen molar-refractivity contribution in [2.45, 2.75) is 26.3 Å². The van der Waals surface area contributed by atoms with Gasteiger partial charge in [-0.15, -0.1) is 0 Å². The number of carbonyl (C=O) groups is 4. The smallest absolute Gasteiger partial charge is 0.293 e. The molecule has 0 spiro atoms. The Bertz CT molecular complexity index is 978. The number of halogens is 1. The quantitative estimate of drug-likeness (QED) is 0.509. The van der Waals surface area contributed by atoms with Crippen LogP contribution in [-0.2, 0) is 16.6 Å². The van der Waals surface area contributed by atoms with E-state index < -0.39 is 34.9 Å². The Morgan fingerprint density at radius 1 is 1.14 bits per heavy atom. The molecule has 0 aliphatic heterocycles. The van der Waals surface area contributed by atoms with Gasteiger partial charge in [0.25, 0.3) is 17.6 Å². The van der Waals surface area contributed by atoms with E-state index in [-0.39, 0.29) is 11.3 Å². The molecule has 0 unspecified atom stereocenters. The van der Waals surface area contributed by atoms with E-state index in [1.807, 2.05) is 0 Å². The molecule has 0 saturated carbocycles. The number of ketones is 1. The second-order valence-electron chi connectivity index (χ2n) is 6.92. The largest absolute Gasteiger partial charge is 0.368 e. The summed E-state index contributed by atoms with van der Waals surface area (Å²) in [5.41, 5.74) is 4.62. The van der Waals surface area contributed by atoms with Gasteiger partial charge in [0.1, 0.15) is 17.1 Å². The number of nitrogens with zero attached hydrogens (tertiary/aromatic N) is 1. The Morgan fingerprint density at radius 3 is 2.36 bits per heavy atom. The van der Waals surface area contributed by atoms with Crippen LogP contribution in [0.25, 0.3) is 0 Å². The molecule has 0 aliphatic carbocycles. The molecular weight excluding hydrogens is 367 g/mol. The number of primary amides is 1. The van der Waals surface area contributed by atoms with Gasteiger partial charge >= 0.3 is 0 Å². The van der Waals surface area contributed by atoms with Gasteiger partial charge in [-0.1, -0.05) is 0 Å². The first-order valence-corrected chi connectivity index (χ1v) is 8.33. The molecule has 2 aromatic rings. The molecule has 1 heterocycles. The number of nitrogens with one attached hydrogen (secondary N) is 2. The Balaban J connectivity index is 2.18. The highest BCUT2D eigenvalue weighted by Gasteiger charge is 2.30. The lowest BCUT2D eigenvalue weighted by molar-refractivity contribution is -0.128. The van der Waals surface area contributed by atoms with Crippen molar-refractivity contribution >= 4 is 29.2 Å². The number of anilines is 1. The first-order chi connectivity index (χ1) is 12.9. The lowest BCUT2D eigenvalue weighted by atomic mass is 10.0. The predicted octanol–water partition coefficient (Wildman–Crippen LogP) is 1.29. The molecule has 148 valence electrons. The van der Waals surface area contributed by atoms with Crippen LogP contribution in [0.2, 0.25) is 0 Å². The molecule has 0 bridgehead atoms. The number of rotatable bonds is 6. The summed E-state index contributed by atoms with van der Waals surface area (Å²) in [5.74, 6) is -3.66. The number of hydrogen-bond donors (Lipinski definition) is 3. The molecule has 0 saturated heterocycles. The van der Waals surface area contributed by atoms with Gasteiger partial charge in [0.15, 0.2) is 0 Å². The van der Waals surface area contributed by atoms with Crippen LogP contribution in [0.5, 0.6) is 0 Å². The summed E-state index contributed by atoms with van der Waals surface area (Å²) in [7, 11) is 1.53. The van der Waals surface area contributed by atoms with Crippen molar-refractivity contribution in [2.75, 3.05) is 5.32 Å². The third-order valence-electron chi connectivity index (χ3n) is 4.16. The third kappa shape index (κ3) is 4.43. The van der Waals surface area contributed by atoms with Crippen LogP contribution in [0.1, 0.15) is 40.3 Å². The van der Waals surface area contributed by atoms with Crippen LogP contribution < -0.4 is 16.4 Å². The fraction of sp³-hybridized carbons (Fsp3) is 0.263. The second kappa shape index (κ2) is 7.63. The lowest BCUT2D eigenvalue weighted by Gasteiger charge is -2.21. The number of aromatic nitrogens is 1. The van der Waals surface area contributed by atoms with E-state index in [1.54, 1.807) is 6.92 Å². The summed E-state index contributed by atoms with van der Waals surface area (Å²) < 4.78 is 14.7. The zero-order chi connectivity index (χ0) is 21.2. The van der Waals surface area contributed by atoms with Crippen LogP contribution in [0.4, 0.5) is 10.1 Å². The Hall–Kier alpha value is -3.49. The van der Waals surface area contributed by atoms with Gasteiger partial charge in [-0.2, -0.15) is 0 Å². The van der Waals surface area contributed by atoms with Gasteiger partial charge in [0.05, 0.1) is 0 Å². The first kappa shape index (κ1) is 20.8. The molecule has 28 heavy (non-hydrogen) atoms. The van der Waals surface area contributed by atoms with Crippen LogP contribution in [0.15, 0.2) is 30.5 Å². The highest BCUT2D eigenvalue weighted by molar-refractivity contribution is 6.43. The highest BCUT2D eigenvalue weighted by Crippen LogP contribution is 2.16. The summed E-state index contributed by atoms with van der Waals surface area (Å²) in [6, 6.07) is 5.37. The number of aryl methyl sites for hydroxylation is 2. The Morgan fingerprint density at radius 2 is 1.79 bits per heavy atom. The maximum absolute atomic E-state index is 13.3. The van der Waals surface area contributed by atoms with Crippen LogP contribution in [-0.4, -0.2) is 33.6 Å². The van der Waals surface area contributed by atoms with E-state index in [0.29, 0.717) is 11.3 Å². The zero-order valence-corrected chi connectivity index (χ0v) is 15.9. The van der Waals surface area contributed by atoms with Crippen LogP contribution >= 0.6 is 0 Å². The summed E-state index contributed by atoms with van der Waals surface area (Å²) >= 11 is 0. The summed E-state index contributed by atoms with van der Waals surface area (Å²) in [6.07, 6.45) is 1.32. The number of hydrogen-bond acceptors (Lipinski definition) is 4. The second-order valence-corrected chi connectivity index (χ2v) is 6.92. The van der Waals surface area contributed by atoms with Gasteiger partial charge in [-0.25, -0.2) is 4.39 Å². The molecule has 1 aromatic heterocycles. The van der Waals surface area contributed by atoms with Gasteiger partial charge in [-0.3, -0.25) is 19.2 Å². The highest BCUT2D eigenvalue weighted by atomic mass is 19.1. The monoisotopic (exact) mass is 388 g/mol. The average Bonchev–Trinajstić information content (AvgIpc) is 2.98. The van der Waals surface area contributed by atoms with E-state index in [4.69, 9.17) is 5.73 Å². The molecule has 3 amide bonds. The fourth-order valence-corrected chi connectivity index (χ4v) is 2.37. The van der Waals surface area contributed by atoms with Gasteiger partial charge < -0.3 is 20.9 Å². The van der Waals surface area contributed by atoms with Crippen LogP contribution in [0.3, 0.4) is 0 Å². The molecule has 0 radical (unpaired) electrons. The molecule has 0 fully saturated rings. The average molecular weight is 388 g/mol. The fourth-order valence-electron chi connectivity index (χ4n) is 2.37. The van der Waals surface area contributed by atoms with E-state index >= 15 is 0 Å². The topological polar surface area (TPSA) is 123 Å². The number of amides is 3. The molecule has 0 atom stereocenters. The molecule has 4 N–H and O–H groups in total. The Kier molecular flexibility index (Phi) is 5.67. The Labute approximate surface area is 160 Å². The first-order valence-electron chi connectivity index (χ1n) is 8.33. The van der Waals surface area contributed by atoms with E-state index in [2.05, 4.69) is 10.6 Å². The summed E-state index contributed by atoms with van der Waals surface area (Å²) in [4.78, 5) is 48.2. The standard InChI is InChI=1S/C19H21FN4O4/c1-10-7-12(5-6-13(10)20)22-16(26)14-8-11(9-24(14)4)15(25)17(27)23-19(2,3)18(21)28/h5-9H,1-4H3,(H2,21,28)(H,22,26)(H,23,27). The predicted molar refractivity (Wildman–Crippen MR) is 100 cm³/mol. The van der Waals surface area contributed by atoms with Crippen molar-refractivity contribution in [3.05, 3.63) is 53.1 Å². The van der Waals surface area contributed by atoms with Gasteiger partial charge in [0, 0.05) is 24.5 Å². The summed E-state index contributed by atoms with van der Waals surface area (Å²) in [6.45, 7) is 4.31. The van der Waals surface area contributed by atoms with Crippen molar-refractivity contribution in [2.24, 2.45) is 12.8 Å². The number of Topliss-reactive ketones (excluding diaryl/α,β-unsaturated/α-hetero) is 1. The lowest BCUT2D eigenvalue weighted by Crippen LogP contribution is -2.54. The van der Waals surface area contributed by atoms with Crippen molar-refractivity contribution in [1.29, 1.82) is 0 Å². The minimum absolute atomic E-state index is 0.0271. The zero-order valence-electron chi connectivity index (χ0n) is 15.9. The number of nitrogens with two attached hydrogens (primary N) is 1. The molecule has 0 aliphatic rings. The molecule has 9 heteroatoms. The van der Waals surface area contributed by atoms with E-state index in [1.165, 1.54) is 55.9 Å². The van der Waals surface area contributed by atoms with Gasteiger partial charge in [-0.05, 0) is 50.6 Å². The van der Waals surface area contributed by atoms with Gasteiger partial charge in [0.2, 0.25) is 5.91 Å². The van der Waals surface area contributed by atoms with E-state index in [9.17, 15) is 23.6 Å². The van der Waals surface area contributed by atoms with Crippen molar-refractivity contribution in [3.63, 3.8) is 0 Å². The maximum Gasteiger partial charge on any atom is 0.293 e. The minimum atomic E-state index is -1.40. The number of carbonyl (C=O) groups excluding carboxylic acids is 4. The normalized spacial score (nSPS) is 11.0. The van der Waals surface area contributed by atoms with Crippen LogP contribution in [0, 0.1) is 12.7 Å². The van der Waals surface area contributed by atoms with Crippen molar-refractivity contribution < 1.29 is 23.6 Å².